The Labute approximate surface area is 164 Å². The van der Waals surface area contributed by atoms with Crippen LogP contribution in [0.1, 0.15) is 21.5 Å². The summed E-state index contributed by atoms with van der Waals surface area (Å²) in [6.45, 7) is 1.95. The number of ether oxygens (including phenoxy) is 1. The molecule has 0 bridgehead atoms. The minimum atomic E-state index is -3.64. The normalized spacial score (nSPS) is 13.2. The number of esters is 1. The summed E-state index contributed by atoms with van der Waals surface area (Å²) in [4.78, 5) is 26.2. The third-order valence-electron chi connectivity index (χ3n) is 4.76. The van der Waals surface area contributed by atoms with Gasteiger partial charge in [-0.3, -0.25) is 9.10 Å². The van der Waals surface area contributed by atoms with Crippen LogP contribution in [0.5, 0.6) is 0 Å². The van der Waals surface area contributed by atoms with Gasteiger partial charge in [-0.15, -0.1) is 0 Å². The molecular weight excluding hydrogens is 380 g/mol. The lowest BCUT2D eigenvalue weighted by molar-refractivity contribution is -0.117. The van der Waals surface area contributed by atoms with Crippen molar-refractivity contribution in [2.75, 3.05) is 35.7 Å². The van der Waals surface area contributed by atoms with Gasteiger partial charge in [0.25, 0.3) is 0 Å². The molecule has 2 aromatic carbocycles. The van der Waals surface area contributed by atoms with Crippen LogP contribution < -0.4 is 9.21 Å². The third-order valence-corrected chi connectivity index (χ3v) is 5.89. The van der Waals surface area contributed by atoms with Crippen LogP contribution in [0, 0.1) is 6.92 Å². The molecule has 148 valence electrons. The number of methoxy groups -OCH3 is 1. The summed E-state index contributed by atoms with van der Waals surface area (Å²) >= 11 is 0. The number of anilines is 2. The van der Waals surface area contributed by atoms with E-state index >= 15 is 0 Å². The molecule has 1 amide bonds. The number of hydrogen-bond acceptors (Lipinski definition) is 5. The van der Waals surface area contributed by atoms with Crippen LogP contribution in [0.25, 0.3) is 0 Å². The van der Waals surface area contributed by atoms with Crippen molar-refractivity contribution < 1.29 is 22.7 Å². The zero-order valence-corrected chi connectivity index (χ0v) is 16.8. The Kier molecular flexibility index (Phi) is 5.42. The van der Waals surface area contributed by atoms with Gasteiger partial charge in [-0.1, -0.05) is 18.2 Å². The number of rotatable bonds is 5. The second kappa shape index (κ2) is 7.63. The number of nitrogens with zero attached hydrogens (tertiary/aromatic N) is 2. The van der Waals surface area contributed by atoms with E-state index in [2.05, 4.69) is 0 Å². The molecular formula is C20H22N2O5S. The number of benzene rings is 2. The minimum absolute atomic E-state index is 0.290. The topological polar surface area (TPSA) is 84.0 Å². The molecule has 1 aliphatic heterocycles. The van der Waals surface area contributed by atoms with Crippen molar-refractivity contribution in [3.63, 3.8) is 0 Å². The van der Waals surface area contributed by atoms with Crippen molar-refractivity contribution in [2.24, 2.45) is 0 Å². The van der Waals surface area contributed by atoms with E-state index in [-0.39, 0.29) is 12.5 Å². The molecule has 1 aliphatic rings. The van der Waals surface area contributed by atoms with E-state index in [0.717, 1.165) is 21.7 Å². The van der Waals surface area contributed by atoms with E-state index < -0.39 is 16.0 Å². The minimum Gasteiger partial charge on any atom is -0.465 e. The smallest absolute Gasteiger partial charge is 0.337 e. The zero-order chi connectivity index (χ0) is 20.5. The van der Waals surface area contributed by atoms with Crippen LogP contribution in [-0.4, -0.2) is 46.7 Å². The Morgan fingerprint density at radius 2 is 1.89 bits per heavy atom. The number of fused-ring (bicyclic) bond motifs is 1. The second-order valence-corrected chi connectivity index (χ2v) is 8.59. The van der Waals surface area contributed by atoms with E-state index in [4.69, 9.17) is 4.74 Å². The number of aryl methyl sites for hydroxylation is 1. The highest BCUT2D eigenvalue weighted by atomic mass is 32.2. The van der Waals surface area contributed by atoms with E-state index in [1.807, 2.05) is 6.07 Å². The Morgan fingerprint density at radius 3 is 2.54 bits per heavy atom. The first-order chi connectivity index (χ1) is 13.2. The first-order valence-electron chi connectivity index (χ1n) is 8.77. The maximum absolute atomic E-state index is 13.0. The molecule has 0 saturated carbocycles. The van der Waals surface area contributed by atoms with E-state index in [0.29, 0.717) is 29.9 Å². The molecule has 0 fully saturated rings. The predicted molar refractivity (Wildman–Crippen MR) is 107 cm³/mol. The highest BCUT2D eigenvalue weighted by Crippen LogP contribution is 2.30. The van der Waals surface area contributed by atoms with E-state index in [1.165, 1.54) is 7.11 Å². The van der Waals surface area contributed by atoms with Crippen LogP contribution in [0.3, 0.4) is 0 Å². The third kappa shape index (κ3) is 3.87. The van der Waals surface area contributed by atoms with Crippen molar-refractivity contribution in [1.82, 2.24) is 0 Å². The Bertz CT molecular complexity index is 1030. The van der Waals surface area contributed by atoms with Crippen LogP contribution in [-0.2, 0) is 26.0 Å². The molecule has 8 heteroatoms. The lowest BCUT2D eigenvalue weighted by atomic mass is 10.1. The highest BCUT2D eigenvalue weighted by molar-refractivity contribution is 7.92. The van der Waals surface area contributed by atoms with Crippen molar-refractivity contribution in [2.45, 2.75) is 13.3 Å². The van der Waals surface area contributed by atoms with Gasteiger partial charge in [0.2, 0.25) is 15.9 Å². The first kappa shape index (κ1) is 19.9. The van der Waals surface area contributed by atoms with Crippen LogP contribution in [0.15, 0.2) is 42.5 Å². The molecule has 2 aromatic rings. The van der Waals surface area contributed by atoms with Gasteiger partial charge in [0.1, 0.15) is 6.54 Å². The summed E-state index contributed by atoms with van der Waals surface area (Å²) in [7, 11) is -2.32. The van der Waals surface area contributed by atoms with Crippen molar-refractivity contribution >= 4 is 33.3 Å². The number of amides is 1. The molecule has 0 N–H and O–H groups in total. The van der Waals surface area contributed by atoms with Gasteiger partial charge in [0.15, 0.2) is 0 Å². The van der Waals surface area contributed by atoms with Crippen LogP contribution in [0.2, 0.25) is 0 Å². The summed E-state index contributed by atoms with van der Waals surface area (Å²) in [5.41, 5.74) is 3.23. The number of hydrogen-bond donors (Lipinski definition) is 0. The molecule has 3 rings (SSSR count). The predicted octanol–water partition coefficient (Wildman–Crippen LogP) is 2.14. The quantitative estimate of drug-likeness (QED) is 0.716. The van der Waals surface area contributed by atoms with Gasteiger partial charge in [0, 0.05) is 12.2 Å². The number of sulfonamides is 1. The molecule has 1 heterocycles. The second-order valence-electron chi connectivity index (χ2n) is 6.69. The fourth-order valence-corrected chi connectivity index (χ4v) is 4.25. The number of carbonyl (C=O) groups excluding carboxylic acids is 2. The van der Waals surface area contributed by atoms with Crippen molar-refractivity contribution in [3.8, 4) is 0 Å². The standard InChI is InChI=1S/C20H22N2O5S/c1-14-6-4-5-7-17(14)22(28(3,25)26)13-19(23)21-11-10-15-12-16(20(24)27-2)8-9-18(15)21/h4-9,12H,10-11,13H2,1-3H3. The average Bonchev–Trinajstić information content (AvgIpc) is 3.08. The largest absolute Gasteiger partial charge is 0.465 e. The molecule has 0 aliphatic carbocycles. The van der Waals surface area contributed by atoms with Crippen LogP contribution >= 0.6 is 0 Å². The van der Waals surface area contributed by atoms with Crippen LogP contribution in [0.4, 0.5) is 11.4 Å². The monoisotopic (exact) mass is 402 g/mol. The van der Waals surface area contributed by atoms with Gasteiger partial charge in [-0.25, -0.2) is 13.2 Å². The first-order valence-corrected chi connectivity index (χ1v) is 10.6. The summed E-state index contributed by atoms with van der Waals surface area (Å²) in [6.07, 6.45) is 1.68. The Morgan fingerprint density at radius 1 is 1.18 bits per heavy atom. The zero-order valence-electron chi connectivity index (χ0n) is 16.0. The van der Waals surface area contributed by atoms with Gasteiger partial charge in [-0.2, -0.15) is 0 Å². The summed E-state index contributed by atoms with van der Waals surface area (Å²) in [5.74, 6) is -0.756. The Balaban J connectivity index is 1.87. The van der Waals surface area contributed by atoms with Gasteiger partial charge in [0.05, 0.1) is 24.6 Å². The molecule has 28 heavy (non-hydrogen) atoms. The molecule has 0 radical (unpaired) electrons. The molecule has 0 atom stereocenters. The van der Waals surface area contributed by atoms with Crippen molar-refractivity contribution in [1.29, 1.82) is 0 Å². The average molecular weight is 402 g/mol. The number of para-hydroxylation sites is 1. The van der Waals surface area contributed by atoms with E-state index in [9.17, 15) is 18.0 Å². The maximum atomic E-state index is 13.0. The lowest BCUT2D eigenvalue weighted by Gasteiger charge is -2.26. The summed E-state index contributed by atoms with van der Waals surface area (Å²) in [6, 6.07) is 12.1. The fraction of sp³-hybridized carbons (Fsp3) is 0.300. The van der Waals surface area contributed by atoms with Crippen molar-refractivity contribution in [3.05, 3.63) is 59.2 Å². The molecule has 0 saturated heterocycles. The van der Waals surface area contributed by atoms with Gasteiger partial charge >= 0.3 is 5.97 Å². The molecule has 0 aromatic heterocycles. The maximum Gasteiger partial charge on any atom is 0.337 e. The van der Waals surface area contributed by atoms with Gasteiger partial charge in [-0.05, 0) is 48.7 Å². The Hall–Kier alpha value is -2.87. The van der Waals surface area contributed by atoms with E-state index in [1.54, 1.807) is 48.2 Å². The summed E-state index contributed by atoms with van der Waals surface area (Å²) in [5, 5.41) is 0. The number of carbonyl (C=O) groups is 2. The molecule has 7 nitrogen and oxygen atoms in total. The summed E-state index contributed by atoms with van der Waals surface area (Å²) < 4.78 is 30.5. The van der Waals surface area contributed by atoms with Gasteiger partial charge < -0.3 is 9.64 Å². The highest BCUT2D eigenvalue weighted by Gasteiger charge is 2.29. The lowest BCUT2D eigenvalue weighted by Crippen LogP contribution is -2.42. The molecule has 0 unspecified atom stereocenters. The molecule has 0 spiro atoms. The fourth-order valence-electron chi connectivity index (χ4n) is 3.34. The SMILES string of the molecule is COC(=O)c1ccc2c(c1)CCN2C(=O)CN(c1ccccc1C)S(C)(=O)=O.